The van der Waals surface area contributed by atoms with Crippen LogP contribution in [0.4, 0.5) is 5.69 Å². The third-order valence-electron chi connectivity index (χ3n) is 4.38. The Morgan fingerprint density at radius 3 is 2.38 bits per heavy atom. The molecule has 2 aromatic carbocycles. The third kappa shape index (κ3) is 5.08. The van der Waals surface area contributed by atoms with Gasteiger partial charge >= 0.3 is 5.97 Å². The van der Waals surface area contributed by atoms with Crippen LogP contribution in [0.1, 0.15) is 43.1 Å². The Morgan fingerprint density at radius 2 is 1.81 bits per heavy atom. The van der Waals surface area contributed by atoms with Gasteiger partial charge in [0.05, 0.1) is 11.3 Å². The zero-order valence-corrected chi connectivity index (χ0v) is 16.6. The number of carbonyl (C=O) groups excluding carboxylic acids is 1. The first kappa shape index (κ1) is 20.0. The first-order chi connectivity index (χ1) is 12.2. The normalized spacial score (nSPS) is 11.1. The second kappa shape index (κ2) is 8.36. The molecule has 0 heterocycles. The van der Waals surface area contributed by atoms with Crippen LogP contribution >= 0.6 is 15.9 Å². The van der Waals surface area contributed by atoms with Gasteiger partial charge in [-0.25, -0.2) is 4.79 Å². The van der Waals surface area contributed by atoms with E-state index in [2.05, 4.69) is 42.0 Å². The fourth-order valence-corrected chi connectivity index (χ4v) is 2.71. The van der Waals surface area contributed by atoms with Gasteiger partial charge in [-0.1, -0.05) is 48.8 Å². The molecular formula is C20H22BrNO4. The Morgan fingerprint density at radius 1 is 1.15 bits per heavy atom. The van der Waals surface area contributed by atoms with Gasteiger partial charge in [0.1, 0.15) is 5.75 Å². The number of rotatable bonds is 7. The predicted molar refractivity (Wildman–Crippen MR) is 105 cm³/mol. The number of carboxylic acids is 1. The van der Waals surface area contributed by atoms with E-state index in [1.165, 1.54) is 17.7 Å². The van der Waals surface area contributed by atoms with E-state index in [9.17, 15) is 14.7 Å². The first-order valence-electron chi connectivity index (χ1n) is 8.29. The fraction of sp³-hybridized carbons (Fsp3) is 0.300. The highest BCUT2D eigenvalue weighted by molar-refractivity contribution is 9.10. The van der Waals surface area contributed by atoms with Crippen molar-refractivity contribution >= 4 is 33.5 Å². The van der Waals surface area contributed by atoms with Crippen LogP contribution in [0.15, 0.2) is 46.9 Å². The maximum absolute atomic E-state index is 12.1. The summed E-state index contributed by atoms with van der Waals surface area (Å²) >= 11 is 3.22. The van der Waals surface area contributed by atoms with Gasteiger partial charge in [0.2, 0.25) is 0 Å². The SMILES string of the molecule is CCC(C)(C)c1ccc(OCC(=O)Nc2ccc(Br)cc2C(=O)O)cc1. The molecule has 0 unspecified atom stereocenters. The highest BCUT2D eigenvalue weighted by atomic mass is 79.9. The van der Waals surface area contributed by atoms with Crippen molar-refractivity contribution in [3.05, 3.63) is 58.1 Å². The van der Waals surface area contributed by atoms with E-state index in [-0.39, 0.29) is 23.3 Å². The van der Waals surface area contributed by atoms with Crippen molar-refractivity contribution in [2.24, 2.45) is 0 Å². The molecule has 0 aliphatic heterocycles. The molecule has 2 N–H and O–H groups in total. The second-order valence-corrected chi connectivity index (χ2v) is 7.51. The zero-order valence-electron chi connectivity index (χ0n) is 15.0. The number of aromatic carboxylic acids is 1. The number of carbonyl (C=O) groups is 2. The molecule has 0 bridgehead atoms. The lowest BCUT2D eigenvalue weighted by Crippen LogP contribution is -2.21. The Balaban J connectivity index is 1.98. The molecule has 5 nitrogen and oxygen atoms in total. The first-order valence-corrected chi connectivity index (χ1v) is 9.08. The summed E-state index contributed by atoms with van der Waals surface area (Å²) in [5, 5.41) is 11.8. The molecule has 26 heavy (non-hydrogen) atoms. The quantitative estimate of drug-likeness (QED) is 0.672. The molecule has 0 aromatic heterocycles. The predicted octanol–water partition coefficient (Wildman–Crippen LogP) is 4.85. The number of anilines is 1. The van der Waals surface area contributed by atoms with Gasteiger partial charge < -0.3 is 15.2 Å². The molecular weight excluding hydrogens is 398 g/mol. The van der Waals surface area contributed by atoms with Crippen LogP contribution in [0.3, 0.4) is 0 Å². The molecule has 2 rings (SSSR count). The van der Waals surface area contributed by atoms with Crippen molar-refractivity contribution in [2.45, 2.75) is 32.6 Å². The largest absolute Gasteiger partial charge is 0.484 e. The summed E-state index contributed by atoms with van der Waals surface area (Å²) in [6.45, 7) is 6.29. The molecule has 0 radical (unpaired) electrons. The maximum Gasteiger partial charge on any atom is 0.337 e. The lowest BCUT2D eigenvalue weighted by Gasteiger charge is -2.23. The van der Waals surface area contributed by atoms with Crippen LogP contribution in [0.25, 0.3) is 0 Å². The van der Waals surface area contributed by atoms with E-state index in [1.807, 2.05) is 24.3 Å². The van der Waals surface area contributed by atoms with Crippen LogP contribution in [0.5, 0.6) is 5.75 Å². The molecule has 0 aliphatic carbocycles. The highest BCUT2D eigenvalue weighted by Gasteiger charge is 2.18. The summed E-state index contributed by atoms with van der Waals surface area (Å²) in [4.78, 5) is 23.3. The molecule has 138 valence electrons. The Labute approximate surface area is 161 Å². The van der Waals surface area contributed by atoms with Gasteiger partial charge in [-0.15, -0.1) is 0 Å². The van der Waals surface area contributed by atoms with Crippen molar-refractivity contribution in [3.8, 4) is 5.75 Å². The summed E-state index contributed by atoms with van der Waals surface area (Å²) in [5.74, 6) is -0.950. The molecule has 1 amide bonds. The minimum Gasteiger partial charge on any atom is -0.484 e. The van der Waals surface area contributed by atoms with Crippen LogP contribution in [-0.2, 0) is 10.2 Å². The van der Waals surface area contributed by atoms with Crippen LogP contribution in [0, 0.1) is 0 Å². The molecule has 6 heteroatoms. The Hall–Kier alpha value is -2.34. The number of hydrogen-bond donors (Lipinski definition) is 2. The highest BCUT2D eigenvalue weighted by Crippen LogP contribution is 2.28. The van der Waals surface area contributed by atoms with Gasteiger partial charge in [-0.05, 0) is 47.7 Å². The van der Waals surface area contributed by atoms with Crippen molar-refractivity contribution in [2.75, 3.05) is 11.9 Å². The van der Waals surface area contributed by atoms with Crippen LogP contribution in [-0.4, -0.2) is 23.6 Å². The number of ether oxygens (including phenoxy) is 1. The van der Waals surface area contributed by atoms with Crippen LogP contribution < -0.4 is 10.1 Å². The third-order valence-corrected chi connectivity index (χ3v) is 4.87. The number of halogens is 1. The van der Waals surface area contributed by atoms with Crippen LogP contribution in [0.2, 0.25) is 0 Å². The standard InChI is InChI=1S/C20H22BrNO4/c1-4-20(2,3)13-5-8-15(9-6-13)26-12-18(23)22-17-10-7-14(21)11-16(17)19(24)25/h5-11H,4,12H2,1-3H3,(H,22,23)(H,24,25). The monoisotopic (exact) mass is 419 g/mol. The fourth-order valence-electron chi connectivity index (χ4n) is 2.34. The molecule has 0 spiro atoms. The van der Waals surface area contributed by atoms with Gasteiger partial charge in [-0.3, -0.25) is 4.79 Å². The number of amides is 1. The minimum absolute atomic E-state index is 0.0128. The number of hydrogen-bond acceptors (Lipinski definition) is 3. The van der Waals surface area contributed by atoms with Gasteiger partial charge in [0.25, 0.3) is 5.91 Å². The average Bonchev–Trinajstić information content (AvgIpc) is 2.61. The molecule has 2 aromatic rings. The topological polar surface area (TPSA) is 75.6 Å². The lowest BCUT2D eigenvalue weighted by atomic mass is 9.82. The van der Waals surface area contributed by atoms with Crippen molar-refractivity contribution in [3.63, 3.8) is 0 Å². The van der Waals surface area contributed by atoms with E-state index in [4.69, 9.17) is 4.74 Å². The Bertz CT molecular complexity index is 800. The van der Waals surface area contributed by atoms with Crippen molar-refractivity contribution in [1.82, 2.24) is 0 Å². The average molecular weight is 420 g/mol. The molecule has 0 aliphatic rings. The smallest absolute Gasteiger partial charge is 0.337 e. The number of carboxylic acid groups (broad SMARTS) is 1. The maximum atomic E-state index is 12.1. The van der Waals surface area contributed by atoms with Crippen molar-refractivity contribution < 1.29 is 19.4 Å². The lowest BCUT2D eigenvalue weighted by molar-refractivity contribution is -0.118. The van der Waals surface area contributed by atoms with E-state index < -0.39 is 11.9 Å². The molecule has 0 saturated heterocycles. The summed E-state index contributed by atoms with van der Waals surface area (Å²) in [7, 11) is 0. The van der Waals surface area contributed by atoms with E-state index in [1.54, 1.807) is 6.07 Å². The minimum atomic E-state index is -1.11. The Kier molecular flexibility index (Phi) is 6.42. The van der Waals surface area contributed by atoms with Gasteiger partial charge in [-0.2, -0.15) is 0 Å². The summed E-state index contributed by atoms with van der Waals surface area (Å²) in [6, 6.07) is 12.3. The molecule has 0 saturated carbocycles. The summed E-state index contributed by atoms with van der Waals surface area (Å²) in [5.41, 5.74) is 1.54. The van der Waals surface area contributed by atoms with Gasteiger partial charge in [0.15, 0.2) is 6.61 Å². The van der Waals surface area contributed by atoms with Gasteiger partial charge in [0, 0.05) is 4.47 Å². The molecule has 0 atom stereocenters. The van der Waals surface area contributed by atoms with Crippen molar-refractivity contribution in [1.29, 1.82) is 0 Å². The number of nitrogens with one attached hydrogen (secondary N) is 1. The number of benzene rings is 2. The molecule has 0 fully saturated rings. The van der Waals surface area contributed by atoms with E-state index in [0.29, 0.717) is 10.2 Å². The summed E-state index contributed by atoms with van der Waals surface area (Å²) < 4.78 is 6.12. The zero-order chi connectivity index (χ0) is 19.3. The van der Waals surface area contributed by atoms with E-state index >= 15 is 0 Å². The second-order valence-electron chi connectivity index (χ2n) is 6.59. The van der Waals surface area contributed by atoms with E-state index in [0.717, 1.165) is 6.42 Å². The summed E-state index contributed by atoms with van der Waals surface area (Å²) in [6.07, 6.45) is 1.02.